The maximum Gasteiger partial charge on any atom is 0.316 e. The van der Waals surface area contributed by atoms with Crippen molar-refractivity contribution in [3.63, 3.8) is 0 Å². The van der Waals surface area contributed by atoms with Crippen LogP contribution in [-0.2, 0) is 17.6 Å². The SMILES string of the molecule is C1CC1.COc1ccc(F)c(-c2ccc(C3CCc4ccc(CC(S)C(=O)O)cc4N3C)cc2)c1. The van der Waals surface area contributed by atoms with Crippen LogP contribution < -0.4 is 9.64 Å². The van der Waals surface area contributed by atoms with Crippen LogP contribution in [0.4, 0.5) is 10.1 Å². The quantitative estimate of drug-likeness (QED) is 0.374. The number of benzene rings is 3. The van der Waals surface area contributed by atoms with E-state index in [1.807, 2.05) is 18.2 Å². The number of carboxylic acids is 1. The third-order valence-corrected chi connectivity index (χ3v) is 6.94. The zero-order valence-corrected chi connectivity index (χ0v) is 21.1. The summed E-state index contributed by atoms with van der Waals surface area (Å²) < 4.78 is 19.6. The number of halogens is 1. The van der Waals surface area contributed by atoms with Crippen LogP contribution in [0.5, 0.6) is 5.75 Å². The number of nitrogens with zero attached hydrogens (tertiary/aromatic N) is 1. The lowest BCUT2D eigenvalue weighted by Crippen LogP contribution is -2.29. The van der Waals surface area contributed by atoms with Crippen molar-refractivity contribution in [3.05, 3.63) is 83.2 Å². The second-order valence-corrected chi connectivity index (χ2v) is 9.84. The molecule has 2 aliphatic rings. The summed E-state index contributed by atoms with van der Waals surface area (Å²) in [6.45, 7) is 0. The molecule has 0 radical (unpaired) electrons. The summed E-state index contributed by atoms with van der Waals surface area (Å²) in [5.41, 5.74) is 5.82. The summed E-state index contributed by atoms with van der Waals surface area (Å²) in [7, 11) is 3.64. The lowest BCUT2D eigenvalue weighted by atomic mass is 9.89. The van der Waals surface area contributed by atoms with Crippen LogP contribution in [0.25, 0.3) is 11.1 Å². The van der Waals surface area contributed by atoms with Crippen molar-refractivity contribution in [2.75, 3.05) is 19.1 Å². The van der Waals surface area contributed by atoms with Crippen molar-refractivity contribution >= 4 is 24.3 Å². The van der Waals surface area contributed by atoms with Gasteiger partial charge in [0.25, 0.3) is 0 Å². The number of anilines is 1. The Balaban J connectivity index is 0.000000894. The molecule has 1 heterocycles. The Bertz CT molecular complexity index is 1180. The smallest absolute Gasteiger partial charge is 0.316 e. The number of rotatable bonds is 6. The summed E-state index contributed by atoms with van der Waals surface area (Å²) in [4.78, 5) is 13.4. The number of thiol groups is 1. The van der Waals surface area contributed by atoms with Gasteiger partial charge in [0.15, 0.2) is 0 Å². The number of hydrogen-bond acceptors (Lipinski definition) is 4. The first kappa shape index (κ1) is 25.1. The largest absolute Gasteiger partial charge is 0.497 e. The Morgan fingerprint density at radius 3 is 2.46 bits per heavy atom. The van der Waals surface area contributed by atoms with Crippen molar-refractivity contribution in [3.8, 4) is 16.9 Å². The number of fused-ring (bicyclic) bond motifs is 1. The van der Waals surface area contributed by atoms with Crippen LogP contribution >= 0.6 is 12.6 Å². The normalized spacial score (nSPS) is 17.0. The zero-order chi connectivity index (χ0) is 24.9. The highest BCUT2D eigenvalue weighted by atomic mass is 32.1. The molecule has 5 rings (SSSR count). The summed E-state index contributed by atoms with van der Waals surface area (Å²) in [6.07, 6.45) is 6.80. The fraction of sp³-hybridized carbons (Fsp3) is 0.345. The molecule has 184 valence electrons. The number of methoxy groups -OCH3 is 1. The summed E-state index contributed by atoms with van der Waals surface area (Å²) in [6, 6.07) is 19.1. The molecule has 0 bridgehead atoms. The molecule has 1 aliphatic heterocycles. The maximum absolute atomic E-state index is 14.3. The average Bonchev–Trinajstić information content (AvgIpc) is 3.75. The molecule has 3 aromatic rings. The van der Waals surface area contributed by atoms with Crippen molar-refractivity contribution < 1.29 is 19.0 Å². The molecule has 4 nitrogen and oxygen atoms in total. The van der Waals surface area contributed by atoms with E-state index in [1.54, 1.807) is 19.2 Å². The van der Waals surface area contributed by atoms with E-state index in [-0.39, 0.29) is 11.9 Å². The number of carbonyl (C=O) groups is 1. The highest BCUT2D eigenvalue weighted by molar-refractivity contribution is 7.81. The molecule has 1 N–H and O–H groups in total. The van der Waals surface area contributed by atoms with Gasteiger partial charge in [0.1, 0.15) is 16.8 Å². The summed E-state index contributed by atoms with van der Waals surface area (Å²) in [5.74, 6) is -0.570. The minimum absolute atomic E-state index is 0.188. The zero-order valence-electron chi connectivity index (χ0n) is 20.2. The average molecular weight is 494 g/mol. The first-order valence-electron chi connectivity index (χ1n) is 12.1. The van der Waals surface area contributed by atoms with Crippen LogP contribution in [-0.4, -0.2) is 30.5 Å². The van der Waals surface area contributed by atoms with Gasteiger partial charge in [0.2, 0.25) is 0 Å². The number of hydrogen-bond donors (Lipinski definition) is 2. The topological polar surface area (TPSA) is 49.8 Å². The first-order valence-corrected chi connectivity index (χ1v) is 12.6. The Kier molecular flexibility index (Phi) is 8.01. The first-order chi connectivity index (χ1) is 16.9. The van der Waals surface area contributed by atoms with Crippen LogP contribution in [0.15, 0.2) is 60.7 Å². The molecule has 1 aliphatic carbocycles. The van der Waals surface area contributed by atoms with Crippen LogP contribution in [0.2, 0.25) is 0 Å². The lowest BCUT2D eigenvalue weighted by molar-refractivity contribution is -0.136. The van der Waals surface area contributed by atoms with Crippen LogP contribution in [0, 0.1) is 5.82 Å². The van der Waals surface area contributed by atoms with E-state index < -0.39 is 11.2 Å². The van der Waals surface area contributed by atoms with E-state index in [0.29, 0.717) is 17.7 Å². The van der Waals surface area contributed by atoms with Crippen molar-refractivity contribution in [2.24, 2.45) is 0 Å². The predicted octanol–water partition coefficient (Wildman–Crippen LogP) is 6.72. The van der Waals surface area contributed by atoms with Gasteiger partial charge in [-0.1, -0.05) is 55.7 Å². The van der Waals surface area contributed by atoms with E-state index in [4.69, 9.17) is 9.84 Å². The molecule has 0 spiro atoms. The molecule has 1 fully saturated rings. The van der Waals surface area contributed by atoms with E-state index >= 15 is 0 Å². The number of aryl methyl sites for hydroxylation is 1. The second-order valence-electron chi connectivity index (χ2n) is 9.22. The molecular weight excluding hydrogens is 461 g/mol. The van der Waals surface area contributed by atoms with Crippen LogP contribution in [0.1, 0.15) is 48.4 Å². The van der Waals surface area contributed by atoms with Gasteiger partial charge in [0.05, 0.1) is 13.2 Å². The standard InChI is InChI=1S/C26H26FNO3S.C3H6/c1-28-23(12-9-19-4-3-16(13-24(19)28)14-25(32)26(29)30)18-7-5-17(6-8-18)21-15-20(31-2)10-11-22(21)27;1-2-3-1/h3-8,10-11,13,15,23,25,32H,9,12,14H2,1-2H3,(H,29,30);1-3H2. The van der Waals surface area contributed by atoms with E-state index in [1.165, 1.54) is 30.9 Å². The van der Waals surface area contributed by atoms with Crippen molar-refractivity contribution in [2.45, 2.75) is 49.8 Å². The lowest BCUT2D eigenvalue weighted by Gasteiger charge is -2.37. The maximum atomic E-state index is 14.3. The van der Waals surface area contributed by atoms with Crippen molar-refractivity contribution in [1.29, 1.82) is 0 Å². The van der Waals surface area contributed by atoms with Gasteiger partial charge in [-0.05, 0) is 65.8 Å². The molecule has 35 heavy (non-hydrogen) atoms. The Morgan fingerprint density at radius 2 is 1.83 bits per heavy atom. The van der Waals surface area contributed by atoms with Gasteiger partial charge in [-0.25, -0.2) is 4.39 Å². The Labute approximate surface area is 212 Å². The van der Waals surface area contributed by atoms with Gasteiger partial charge < -0.3 is 14.7 Å². The molecular formula is C29H32FNO3S. The third-order valence-electron chi connectivity index (χ3n) is 6.53. The summed E-state index contributed by atoms with van der Waals surface area (Å²) >= 11 is 4.17. The number of aliphatic carboxylic acids is 1. The molecule has 2 unspecified atom stereocenters. The molecule has 3 aromatic carbocycles. The van der Waals surface area contributed by atoms with E-state index in [0.717, 1.165) is 35.2 Å². The predicted molar refractivity (Wildman–Crippen MR) is 142 cm³/mol. The van der Waals surface area contributed by atoms with Gasteiger partial charge in [0, 0.05) is 18.3 Å². The summed E-state index contributed by atoms with van der Waals surface area (Å²) in [5, 5.41) is 8.44. The van der Waals surface area contributed by atoms with Gasteiger partial charge in [-0.15, -0.1) is 0 Å². The van der Waals surface area contributed by atoms with E-state index in [2.05, 4.69) is 48.8 Å². The highest BCUT2D eigenvalue weighted by Gasteiger charge is 2.25. The molecule has 2 atom stereocenters. The minimum atomic E-state index is -0.912. The van der Waals surface area contributed by atoms with E-state index in [9.17, 15) is 9.18 Å². The van der Waals surface area contributed by atoms with Gasteiger partial charge in [-0.2, -0.15) is 12.6 Å². The highest BCUT2D eigenvalue weighted by Crippen LogP contribution is 2.39. The Hall–Kier alpha value is -2.99. The monoisotopic (exact) mass is 493 g/mol. The number of ether oxygens (including phenoxy) is 1. The van der Waals surface area contributed by atoms with Crippen LogP contribution in [0.3, 0.4) is 0 Å². The number of carboxylic acid groups (broad SMARTS) is 1. The minimum Gasteiger partial charge on any atom is -0.497 e. The van der Waals surface area contributed by atoms with Crippen molar-refractivity contribution in [1.82, 2.24) is 0 Å². The molecule has 0 saturated heterocycles. The molecule has 6 heteroatoms. The fourth-order valence-electron chi connectivity index (χ4n) is 4.37. The molecule has 1 saturated carbocycles. The third kappa shape index (κ3) is 6.17. The van der Waals surface area contributed by atoms with Gasteiger partial charge in [-0.3, -0.25) is 4.79 Å². The Morgan fingerprint density at radius 1 is 1.11 bits per heavy atom. The molecule has 0 aromatic heterocycles. The second kappa shape index (κ2) is 11.2. The van der Waals surface area contributed by atoms with Gasteiger partial charge >= 0.3 is 5.97 Å². The fourth-order valence-corrected chi connectivity index (χ4v) is 4.58. The molecule has 0 amide bonds.